The molecule has 2 aromatic rings. The fourth-order valence-corrected chi connectivity index (χ4v) is 1.33. The molecule has 0 radical (unpaired) electrons. The van der Waals surface area contributed by atoms with E-state index in [0.29, 0.717) is 17.8 Å². The van der Waals surface area contributed by atoms with Crippen molar-refractivity contribution in [2.45, 2.75) is 6.42 Å². The molecule has 0 amide bonds. The summed E-state index contributed by atoms with van der Waals surface area (Å²) < 4.78 is 40.0. The van der Waals surface area contributed by atoms with Gasteiger partial charge in [-0.3, -0.25) is 0 Å². The summed E-state index contributed by atoms with van der Waals surface area (Å²) in [5.74, 6) is -3.37. The molecule has 0 atom stereocenters. The van der Waals surface area contributed by atoms with Crippen molar-refractivity contribution in [2.75, 3.05) is 6.61 Å². The topological polar surface area (TPSA) is 50.9 Å². The molecule has 0 aliphatic rings. The maximum atomic E-state index is 13.4. The van der Waals surface area contributed by atoms with Crippen LogP contribution < -0.4 is 0 Å². The van der Waals surface area contributed by atoms with Crippen LogP contribution in [-0.2, 0) is 6.42 Å². The molecular weight excluding hydrogens is 235 g/mol. The molecule has 0 fully saturated rings. The van der Waals surface area contributed by atoms with E-state index in [4.69, 9.17) is 5.11 Å². The number of halogens is 3. The number of hydrogen-bond donors (Lipinski definition) is 1. The Morgan fingerprint density at radius 3 is 2.53 bits per heavy atom. The third-order valence-corrected chi connectivity index (χ3v) is 2.15. The quantitative estimate of drug-likeness (QED) is 0.824. The summed E-state index contributed by atoms with van der Waals surface area (Å²) in [4.78, 5) is 0. The van der Waals surface area contributed by atoms with Crippen molar-refractivity contribution in [3.8, 4) is 5.69 Å². The summed E-state index contributed by atoms with van der Waals surface area (Å²) in [5, 5.41) is 15.9. The van der Waals surface area contributed by atoms with Crippen LogP contribution in [0.2, 0.25) is 0 Å². The van der Waals surface area contributed by atoms with E-state index in [0.717, 1.165) is 4.68 Å². The van der Waals surface area contributed by atoms with Crippen LogP contribution in [0.25, 0.3) is 5.69 Å². The third kappa shape index (κ3) is 2.28. The molecule has 0 aliphatic heterocycles. The minimum atomic E-state index is -1.26. The lowest BCUT2D eigenvalue weighted by Crippen LogP contribution is -2.01. The highest BCUT2D eigenvalue weighted by Crippen LogP contribution is 2.17. The van der Waals surface area contributed by atoms with Gasteiger partial charge in [0.15, 0.2) is 17.5 Å². The summed E-state index contributed by atoms with van der Waals surface area (Å²) >= 11 is 0. The van der Waals surface area contributed by atoms with Crippen LogP contribution >= 0.6 is 0 Å². The molecule has 0 aliphatic carbocycles. The lowest BCUT2D eigenvalue weighted by Gasteiger charge is -2.02. The number of benzene rings is 1. The van der Waals surface area contributed by atoms with E-state index >= 15 is 0 Å². The van der Waals surface area contributed by atoms with E-state index in [1.54, 1.807) is 0 Å². The molecular formula is C10H8F3N3O. The number of rotatable bonds is 3. The van der Waals surface area contributed by atoms with Gasteiger partial charge in [-0.2, -0.15) is 0 Å². The van der Waals surface area contributed by atoms with Crippen molar-refractivity contribution in [1.82, 2.24) is 15.0 Å². The van der Waals surface area contributed by atoms with Gasteiger partial charge in [0.25, 0.3) is 0 Å². The van der Waals surface area contributed by atoms with Crippen LogP contribution in [0.4, 0.5) is 13.2 Å². The average molecular weight is 243 g/mol. The van der Waals surface area contributed by atoms with Crippen molar-refractivity contribution < 1.29 is 18.3 Å². The maximum absolute atomic E-state index is 13.4. The SMILES string of the molecule is OCCc1cn(-c2cc(F)c(F)cc2F)nn1. The Morgan fingerprint density at radius 1 is 1.12 bits per heavy atom. The molecule has 17 heavy (non-hydrogen) atoms. The Balaban J connectivity index is 2.41. The molecule has 0 bridgehead atoms. The lowest BCUT2D eigenvalue weighted by atomic mass is 10.3. The molecule has 90 valence electrons. The zero-order valence-corrected chi connectivity index (χ0v) is 8.57. The van der Waals surface area contributed by atoms with E-state index in [1.807, 2.05) is 0 Å². The largest absolute Gasteiger partial charge is 0.396 e. The Bertz CT molecular complexity index is 542. The van der Waals surface area contributed by atoms with Gasteiger partial charge in [-0.15, -0.1) is 5.10 Å². The van der Waals surface area contributed by atoms with Crippen LogP contribution in [0, 0.1) is 17.5 Å². The van der Waals surface area contributed by atoms with E-state index < -0.39 is 17.5 Å². The van der Waals surface area contributed by atoms with Crippen molar-refractivity contribution in [3.63, 3.8) is 0 Å². The molecule has 1 aromatic heterocycles. The van der Waals surface area contributed by atoms with E-state index in [9.17, 15) is 13.2 Å². The average Bonchev–Trinajstić information content (AvgIpc) is 2.72. The molecule has 1 N–H and O–H groups in total. The first-order valence-electron chi connectivity index (χ1n) is 4.79. The number of aliphatic hydroxyl groups excluding tert-OH is 1. The number of nitrogens with zero attached hydrogens (tertiary/aromatic N) is 3. The van der Waals surface area contributed by atoms with Crippen molar-refractivity contribution in [2.24, 2.45) is 0 Å². The molecule has 0 saturated heterocycles. The molecule has 1 aromatic carbocycles. The summed E-state index contributed by atoms with van der Waals surface area (Å²) in [6.45, 7) is -0.126. The molecule has 0 spiro atoms. The zero-order chi connectivity index (χ0) is 12.4. The number of hydrogen-bond acceptors (Lipinski definition) is 3. The van der Waals surface area contributed by atoms with Gasteiger partial charge in [0.1, 0.15) is 5.69 Å². The van der Waals surface area contributed by atoms with Gasteiger partial charge in [0, 0.05) is 25.2 Å². The Morgan fingerprint density at radius 2 is 1.82 bits per heavy atom. The molecule has 1 heterocycles. The van der Waals surface area contributed by atoms with Gasteiger partial charge >= 0.3 is 0 Å². The van der Waals surface area contributed by atoms with Gasteiger partial charge in [0.2, 0.25) is 0 Å². The number of aromatic nitrogens is 3. The lowest BCUT2D eigenvalue weighted by molar-refractivity contribution is 0.298. The summed E-state index contributed by atoms with van der Waals surface area (Å²) in [7, 11) is 0. The van der Waals surface area contributed by atoms with Crippen molar-refractivity contribution in [3.05, 3.63) is 41.5 Å². The predicted molar refractivity (Wildman–Crippen MR) is 52.0 cm³/mol. The zero-order valence-electron chi connectivity index (χ0n) is 8.57. The van der Waals surface area contributed by atoms with Crippen LogP contribution in [0.15, 0.2) is 18.3 Å². The van der Waals surface area contributed by atoms with E-state index in [2.05, 4.69) is 10.3 Å². The highest BCUT2D eigenvalue weighted by atomic mass is 19.2. The third-order valence-electron chi connectivity index (χ3n) is 2.15. The second-order valence-electron chi connectivity index (χ2n) is 3.35. The summed E-state index contributed by atoms with van der Waals surface area (Å²) in [5.41, 5.74) is 0.192. The molecule has 0 unspecified atom stereocenters. The maximum Gasteiger partial charge on any atom is 0.161 e. The highest BCUT2D eigenvalue weighted by molar-refractivity contribution is 5.33. The molecule has 2 rings (SSSR count). The van der Waals surface area contributed by atoms with Crippen LogP contribution in [0.3, 0.4) is 0 Å². The van der Waals surface area contributed by atoms with Crippen LogP contribution in [0.1, 0.15) is 5.69 Å². The normalized spacial score (nSPS) is 10.8. The Labute approximate surface area is 94.3 Å². The molecule has 0 saturated carbocycles. The first-order chi connectivity index (χ1) is 8.11. The van der Waals surface area contributed by atoms with Crippen molar-refractivity contribution in [1.29, 1.82) is 0 Å². The van der Waals surface area contributed by atoms with E-state index in [-0.39, 0.29) is 18.7 Å². The predicted octanol–water partition coefficient (Wildman–Crippen LogP) is 1.22. The van der Waals surface area contributed by atoms with Crippen molar-refractivity contribution >= 4 is 0 Å². The first-order valence-corrected chi connectivity index (χ1v) is 4.79. The van der Waals surface area contributed by atoms with E-state index in [1.165, 1.54) is 6.20 Å². The highest BCUT2D eigenvalue weighted by Gasteiger charge is 2.12. The molecule has 4 nitrogen and oxygen atoms in total. The minimum absolute atomic E-state index is 0.126. The van der Waals surface area contributed by atoms with Crippen LogP contribution in [-0.4, -0.2) is 26.7 Å². The monoisotopic (exact) mass is 243 g/mol. The second-order valence-corrected chi connectivity index (χ2v) is 3.35. The second kappa shape index (κ2) is 4.54. The Hall–Kier alpha value is -1.89. The van der Waals surface area contributed by atoms with Gasteiger partial charge < -0.3 is 5.11 Å². The smallest absolute Gasteiger partial charge is 0.161 e. The fraction of sp³-hybridized carbons (Fsp3) is 0.200. The fourth-order valence-electron chi connectivity index (χ4n) is 1.33. The van der Waals surface area contributed by atoms with Gasteiger partial charge in [-0.05, 0) is 0 Å². The standard InChI is InChI=1S/C10H8F3N3O/c11-7-3-9(13)10(4-8(7)12)16-5-6(1-2-17)14-15-16/h3-5,17H,1-2H2. The molecule has 7 heteroatoms. The first kappa shape index (κ1) is 11.6. The number of aliphatic hydroxyl groups is 1. The van der Waals surface area contributed by atoms with Crippen LogP contribution in [0.5, 0.6) is 0 Å². The Kier molecular flexibility index (Phi) is 3.10. The van der Waals surface area contributed by atoms with Gasteiger partial charge in [-0.25, -0.2) is 17.9 Å². The summed E-state index contributed by atoms with van der Waals surface area (Å²) in [6, 6.07) is 1.14. The van der Waals surface area contributed by atoms with Gasteiger partial charge in [0.05, 0.1) is 11.9 Å². The van der Waals surface area contributed by atoms with Gasteiger partial charge in [-0.1, -0.05) is 5.21 Å². The summed E-state index contributed by atoms with van der Waals surface area (Å²) in [6.07, 6.45) is 1.59. The minimum Gasteiger partial charge on any atom is -0.396 e.